The summed E-state index contributed by atoms with van der Waals surface area (Å²) in [6.45, 7) is 12.3. The molecular weight excluding hydrogens is 410 g/mol. The monoisotopic (exact) mass is 473 g/mol. The molecule has 0 rings (SSSR count). The van der Waals surface area contributed by atoms with Gasteiger partial charge in [0.2, 0.25) is 0 Å². The lowest BCUT2D eigenvalue weighted by Crippen LogP contribution is -3.00. The largest absolute Gasteiger partial charge is 1.00 e. The second kappa shape index (κ2) is 25.9. The molecular formula is C30H64ClN. The summed E-state index contributed by atoms with van der Waals surface area (Å²) in [6.07, 6.45) is 31.7. The van der Waals surface area contributed by atoms with Crippen molar-refractivity contribution < 1.29 is 16.9 Å². The molecule has 0 aliphatic carbocycles. The maximum Gasteiger partial charge on any atom is 0.0859 e. The van der Waals surface area contributed by atoms with Crippen LogP contribution in [0.4, 0.5) is 0 Å². The van der Waals surface area contributed by atoms with E-state index in [1.165, 1.54) is 159 Å². The summed E-state index contributed by atoms with van der Waals surface area (Å²) in [5.74, 6) is 0. The van der Waals surface area contributed by atoms with Crippen LogP contribution in [0.25, 0.3) is 0 Å². The topological polar surface area (TPSA) is 0 Å². The van der Waals surface area contributed by atoms with Gasteiger partial charge in [0, 0.05) is 0 Å². The van der Waals surface area contributed by atoms with Crippen molar-refractivity contribution in [3.05, 3.63) is 0 Å². The van der Waals surface area contributed by atoms with Crippen LogP contribution in [0, 0.1) is 0 Å². The third-order valence-electron chi connectivity index (χ3n) is 7.83. The molecule has 0 aliphatic rings. The zero-order valence-electron chi connectivity index (χ0n) is 23.4. The SMILES string of the molecule is CCCCCCCCCCCC[N+](C)(CCCCCCCCCCC)C(C)CCCC.[Cl-]. The summed E-state index contributed by atoms with van der Waals surface area (Å²) in [5, 5.41) is 0. The molecule has 0 aromatic carbocycles. The van der Waals surface area contributed by atoms with E-state index in [9.17, 15) is 0 Å². The lowest BCUT2D eigenvalue weighted by molar-refractivity contribution is -0.932. The van der Waals surface area contributed by atoms with Crippen molar-refractivity contribution in [2.24, 2.45) is 0 Å². The summed E-state index contributed by atoms with van der Waals surface area (Å²) < 4.78 is 1.34. The van der Waals surface area contributed by atoms with Crippen molar-refractivity contribution in [2.75, 3.05) is 20.1 Å². The van der Waals surface area contributed by atoms with Gasteiger partial charge in [0.25, 0.3) is 0 Å². The highest BCUT2D eigenvalue weighted by atomic mass is 35.5. The minimum absolute atomic E-state index is 0. The molecule has 0 aromatic rings. The van der Waals surface area contributed by atoms with Crippen LogP contribution in [-0.4, -0.2) is 30.7 Å². The first-order valence-electron chi connectivity index (χ1n) is 14.9. The van der Waals surface area contributed by atoms with Crippen LogP contribution in [0.2, 0.25) is 0 Å². The van der Waals surface area contributed by atoms with Crippen molar-refractivity contribution in [2.45, 2.75) is 175 Å². The van der Waals surface area contributed by atoms with Gasteiger partial charge in [-0.15, -0.1) is 0 Å². The van der Waals surface area contributed by atoms with Crippen molar-refractivity contribution in [1.29, 1.82) is 0 Å². The van der Waals surface area contributed by atoms with Crippen LogP contribution in [0.3, 0.4) is 0 Å². The van der Waals surface area contributed by atoms with Crippen molar-refractivity contribution >= 4 is 0 Å². The van der Waals surface area contributed by atoms with E-state index in [-0.39, 0.29) is 12.4 Å². The fourth-order valence-electron chi connectivity index (χ4n) is 5.11. The minimum Gasteiger partial charge on any atom is -1.00 e. The van der Waals surface area contributed by atoms with Crippen LogP contribution in [-0.2, 0) is 0 Å². The maximum atomic E-state index is 2.58. The van der Waals surface area contributed by atoms with Gasteiger partial charge in [0.1, 0.15) is 0 Å². The summed E-state index contributed by atoms with van der Waals surface area (Å²) in [5.41, 5.74) is 0. The highest BCUT2D eigenvalue weighted by Crippen LogP contribution is 2.21. The Morgan fingerprint density at radius 1 is 0.438 bits per heavy atom. The molecule has 0 fully saturated rings. The van der Waals surface area contributed by atoms with Crippen molar-refractivity contribution in [1.82, 2.24) is 0 Å². The summed E-state index contributed by atoms with van der Waals surface area (Å²) in [7, 11) is 2.58. The van der Waals surface area contributed by atoms with Crippen LogP contribution in [0.1, 0.15) is 169 Å². The molecule has 0 spiro atoms. The second-order valence-corrected chi connectivity index (χ2v) is 10.9. The molecule has 0 saturated heterocycles. The summed E-state index contributed by atoms with van der Waals surface area (Å²) in [6, 6.07) is 0.840. The predicted octanol–water partition coefficient (Wildman–Crippen LogP) is 7.47. The van der Waals surface area contributed by atoms with Crippen LogP contribution >= 0.6 is 0 Å². The molecule has 1 nitrogen and oxygen atoms in total. The molecule has 2 heteroatoms. The lowest BCUT2D eigenvalue weighted by Gasteiger charge is -2.41. The van der Waals surface area contributed by atoms with E-state index in [0.29, 0.717) is 0 Å². The molecule has 0 aromatic heterocycles. The molecule has 0 N–H and O–H groups in total. The molecule has 32 heavy (non-hydrogen) atoms. The van der Waals surface area contributed by atoms with Gasteiger partial charge in [-0.3, -0.25) is 0 Å². The Bertz CT molecular complexity index is 346. The third-order valence-corrected chi connectivity index (χ3v) is 7.83. The van der Waals surface area contributed by atoms with Gasteiger partial charge in [0.15, 0.2) is 0 Å². The molecule has 0 radical (unpaired) electrons. The average Bonchev–Trinajstić information content (AvgIpc) is 2.77. The van der Waals surface area contributed by atoms with Gasteiger partial charge in [-0.05, 0) is 45.4 Å². The Hall–Kier alpha value is 0.250. The van der Waals surface area contributed by atoms with E-state index < -0.39 is 0 Å². The molecule has 0 amide bonds. The van der Waals surface area contributed by atoms with Gasteiger partial charge in [0.05, 0.1) is 26.2 Å². The van der Waals surface area contributed by atoms with E-state index in [1.807, 2.05) is 0 Å². The minimum atomic E-state index is 0. The Balaban J connectivity index is 0. The Kier molecular flexibility index (Phi) is 27.8. The van der Waals surface area contributed by atoms with Crippen LogP contribution < -0.4 is 12.4 Å². The number of quaternary nitrogens is 1. The normalized spacial score (nSPS) is 14.2. The first-order valence-corrected chi connectivity index (χ1v) is 14.9. The smallest absolute Gasteiger partial charge is 0.0859 e. The van der Waals surface area contributed by atoms with Crippen molar-refractivity contribution in [3.63, 3.8) is 0 Å². The number of nitrogens with zero attached hydrogens (tertiary/aromatic N) is 1. The fourth-order valence-corrected chi connectivity index (χ4v) is 5.11. The molecule has 2 unspecified atom stereocenters. The van der Waals surface area contributed by atoms with E-state index in [0.717, 1.165) is 6.04 Å². The molecule has 2 atom stereocenters. The van der Waals surface area contributed by atoms with Gasteiger partial charge >= 0.3 is 0 Å². The van der Waals surface area contributed by atoms with E-state index in [2.05, 4.69) is 34.7 Å². The Morgan fingerprint density at radius 2 is 0.719 bits per heavy atom. The van der Waals surface area contributed by atoms with Gasteiger partial charge in [-0.2, -0.15) is 0 Å². The standard InChI is InChI=1S/C30H64N.ClH/c1-6-9-12-14-16-18-20-22-24-26-29-31(5,30(4)27-11-8-3)28-25-23-21-19-17-15-13-10-7-2;/h30H,6-29H2,1-5H3;1H/q+1;/p-1. The van der Waals surface area contributed by atoms with Crippen LogP contribution in [0.15, 0.2) is 0 Å². The highest BCUT2D eigenvalue weighted by Gasteiger charge is 2.27. The summed E-state index contributed by atoms with van der Waals surface area (Å²) in [4.78, 5) is 0. The Labute approximate surface area is 211 Å². The number of hydrogen-bond acceptors (Lipinski definition) is 0. The van der Waals surface area contributed by atoms with Gasteiger partial charge in [-0.1, -0.05) is 124 Å². The van der Waals surface area contributed by atoms with Gasteiger partial charge in [-0.25, -0.2) is 0 Å². The molecule has 0 heterocycles. The Morgan fingerprint density at radius 3 is 1.03 bits per heavy atom. The zero-order valence-corrected chi connectivity index (χ0v) is 24.1. The van der Waals surface area contributed by atoms with E-state index in [4.69, 9.17) is 0 Å². The number of rotatable bonds is 25. The predicted molar refractivity (Wildman–Crippen MR) is 144 cm³/mol. The van der Waals surface area contributed by atoms with Gasteiger partial charge < -0.3 is 16.9 Å². The molecule has 0 saturated carbocycles. The summed E-state index contributed by atoms with van der Waals surface area (Å²) >= 11 is 0. The maximum absolute atomic E-state index is 2.58. The number of halogens is 1. The number of unbranched alkanes of at least 4 members (excludes halogenated alkanes) is 18. The zero-order chi connectivity index (χ0) is 23.0. The van der Waals surface area contributed by atoms with Crippen molar-refractivity contribution in [3.8, 4) is 0 Å². The lowest BCUT2D eigenvalue weighted by atomic mass is 10.0. The highest BCUT2D eigenvalue weighted by molar-refractivity contribution is 4.57. The third kappa shape index (κ3) is 20.8. The first kappa shape index (κ1) is 34.4. The molecule has 0 bridgehead atoms. The quantitative estimate of drug-likeness (QED) is 0.0952. The first-order chi connectivity index (χ1) is 15.1. The molecule has 196 valence electrons. The second-order valence-electron chi connectivity index (χ2n) is 10.9. The van der Waals surface area contributed by atoms with Crippen LogP contribution in [0.5, 0.6) is 0 Å². The molecule has 0 aliphatic heterocycles. The fraction of sp³-hybridized carbons (Fsp3) is 1.00. The average molecular weight is 474 g/mol. The number of hydrogen-bond donors (Lipinski definition) is 0. The van der Waals surface area contributed by atoms with E-state index >= 15 is 0 Å². The van der Waals surface area contributed by atoms with E-state index in [1.54, 1.807) is 0 Å².